The van der Waals surface area contributed by atoms with Gasteiger partial charge in [0.1, 0.15) is 0 Å². The molecular formula is C11H20O2. The molecule has 0 aliphatic carbocycles. The van der Waals surface area contributed by atoms with E-state index in [4.69, 9.17) is 9.47 Å². The molecule has 0 N–H and O–H groups in total. The Kier molecular flexibility index (Phi) is 3.14. The molecule has 2 heteroatoms. The van der Waals surface area contributed by atoms with Crippen LogP contribution in [-0.4, -0.2) is 18.0 Å². The van der Waals surface area contributed by atoms with Crippen molar-refractivity contribution in [1.29, 1.82) is 0 Å². The number of hydrogen-bond acceptors (Lipinski definition) is 2. The third kappa shape index (κ3) is 3.12. The van der Waals surface area contributed by atoms with Crippen LogP contribution in [0.3, 0.4) is 0 Å². The summed E-state index contributed by atoms with van der Waals surface area (Å²) in [5, 5.41) is 0. The molecule has 2 nitrogen and oxygen atoms in total. The summed E-state index contributed by atoms with van der Waals surface area (Å²) in [6, 6.07) is 0. The first-order valence-corrected chi connectivity index (χ1v) is 4.92. The summed E-state index contributed by atoms with van der Waals surface area (Å²) in [6.45, 7) is 10.5. The maximum absolute atomic E-state index is 5.83. The molecule has 0 spiro atoms. The molecule has 0 saturated carbocycles. The number of rotatable bonds is 4. The largest absolute Gasteiger partial charge is 0.348 e. The van der Waals surface area contributed by atoms with Crippen LogP contribution in [0.2, 0.25) is 0 Å². The van der Waals surface area contributed by atoms with Gasteiger partial charge in [0.05, 0.1) is 12.2 Å². The molecule has 1 rings (SSSR count). The Bertz CT molecular complexity index is 187. The van der Waals surface area contributed by atoms with E-state index in [9.17, 15) is 0 Å². The predicted molar refractivity (Wildman–Crippen MR) is 53.6 cm³/mol. The Morgan fingerprint density at radius 3 is 2.54 bits per heavy atom. The van der Waals surface area contributed by atoms with Crippen molar-refractivity contribution in [1.82, 2.24) is 0 Å². The van der Waals surface area contributed by atoms with Crippen LogP contribution in [0.5, 0.6) is 0 Å². The minimum Gasteiger partial charge on any atom is -0.348 e. The highest BCUT2D eigenvalue weighted by molar-refractivity contribution is 4.84. The molecule has 1 fully saturated rings. The zero-order valence-electron chi connectivity index (χ0n) is 8.93. The second-order valence-corrected chi connectivity index (χ2v) is 4.42. The van der Waals surface area contributed by atoms with Crippen molar-refractivity contribution in [3.63, 3.8) is 0 Å². The quantitative estimate of drug-likeness (QED) is 0.494. The van der Waals surface area contributed by atoms with E-state index in [1.807, 2.05) is 19.9 Å². The minimum atomic E-state index is -0.400. The average Bonchev–Trinajstić information content (AvgIpc) is 2.27. The van der Waals surface area contributed by atoms with E-state index < -0.39 is 5.79 Å². The second-order valence-electron chi connectivity index (χ2n) is 4.42. The van der Waals surface area contributed by atoms with Gasteiger partial charge < -0.3 is 9.47 Å². The fourth-order valence-electron chi connectivity index (χ4n) is 1.72. The molecule has 1 aliphatic heterocycles. The van der Waals surface area contributed by atoms with Gasteiger partial charge in [-0.1, -0.05) is 6.08 Å². The van der Waals surface area contributed by atoms with Gasteiger partial charge in [-0.3, -0.25) is 0 Å². The molecule has 0 unspecified atom stereocenters. The highest BCUT2D eigenvalue weighted by Crippen LogP contribution is 2.33. The maximum Gasteiger partial charge on any atom is 0.163 e. The zero-order valence-corrected chi connectivity index (χ0v) is 8.93. The van der Waals surface area contributed by atoms with Crippen LogP contribution in [0.1, 0.15) is 40.0 Å². The minimum absolute atomic E-state index is 0.0908. The Hall–Kier alpha value is -0.340. The molecule has 0 bridgehead atoms. The lowest BCUT2D eigenvalue weighted by Gasteiger charge is -2.24. The van der Waals surface area contributed by atoms with E-state index in [0.29, 0.717) is 6.61 Å². The second kappa shape index (κ2) is 3.81. The first kappa shape index (κ1) is 10.7. The summed E-state index contributed by atoms with van der Waals surface area (Å²) in [5.74, 6) is -0.400. The summed E-state index contributed by atoms with van der Waals surface area (Å²) in [6.07, 6.45) is 5.17. The normalized spacial score (nSPS) is 31.9. The van der Waals surface area contributed by atoms with Gasteiger partial charge in [0, 0.05) is 0 Å². The van der Waals surface area contributed by atoms with E-state index in [2.05, 4.69) is 13.5 Å². The molecule has 13 heavy (non-hydrogen) atoms. The Labute approximate surface area is 80.9 Å². The molecule has 1 heterocycles. The van der Waals surface area contributed by atoms with Gasteiger partial charge in [0.2, 0.25) is 0 Å². The number of hydrogen-bond donors (Lipinski definition) is 0. The van der Waals surface area contributed by atoms with Gasteiger partial charge in [0.15, 0.2) is 5.79 Å². The third-order valence-corrected chi connectivity index (χ3v) is 2.33. The molecule has 1 aliphatic rings. The summed E-state index contributed by atoms with van der Waals surface area (Å²) in [7, 11) is 0. The monoisotopic (exact) mass is 184 g/mol. The molecule has 76 valence electrons. The average molecular weight is 184 g/mol. The zero-order chi connectivity index (χ0) is 9.95. The highest BCUT2D eigenvalue weighted by atomic mass is 16.7. The van der Waals surface area contributed by atoms with E-state index >= 15 is 0 Å². The van der Waals surface area contributed by atoms with Crippen LogP contribution in [0.15, 0.2) is 12.7 Å². The molecule has 1 atom stereocenters. The van der Waals surface area contributed by atoms with Crippen LogP contribution in [-0.2, 0) is 9.47 Å². The van der Waals surface area contributed by atoms with E-state index in [-0.39, 0.29) is 5.60 Å². The standard InChI is InChI=1S/C11H20O2/c1-5-6-7-8-11(4)9-12-10(2,3)13-11/h5H,1,6-9H2,2-4H3/t11-/m0/s1. The molecule has 0 amide bonds. The van der Waals surface area contributed by atoms with Crippen LogP contribution in [0, 0.1) is 0 Å². The molecule has 1 saturated heterocycles. The Morgan fingerprint density at radius 2 is 2.08 bits per heavy atom. The van der Waals surface area contributed by atoms with Crippen LogP contribution in [0.4, 0.5) is 0 Å². The van der Waals surface area contributed by atoms with Gasteiger partial charge in [0.25, 0.3) is 0 Å². The van der Waals surface area contributed by atoms with Gasteiger partial charge >= 0.3 is 0 Å². The lowest BCUT2D eigenvalue weighted by atomic mass is 10.0. The first-order valence-electron chi connectivity index (χ1n) is 4.92. The van der Waals surface area contributed by atoms with Crippen molar-refractivity contribution in [3.8, 4) is 0 Å². The molecule has 0 aromatic carbocycles. The van der Waals surface area contributed by atoms with Crippen molar-refractivity contribution in [2.24, 2.45) is 0 Å². The Morgan fingerprint density at radius 1 is 1.38 bits per heavy atom. The smallest absolute Gasteiger partial charge is 0.163 e. The molecule has 0 radical (unpaired) electrons. The number of ether oxygens (including phenoxy) is 2. The molecule has 0 aromatic rings. The van der Waals surface area contributed by atoms with Gasteiger partial charge in [-0.15, -0.1) is 6.58 Å². The van der Waals surface area contributed by atoms with Gasteiger partial charge in [-0.2, -0.15) is 0 Å². The first-order chi connectivity index (χ1) is 5.97. The predicted octanol–water partition coefficient (Wildman–Crippen LogP) is 2.88. The maximum atomic E-state index is 5.83. The van der Waals surface area contributed by atoms with Crippen LogP contribution < -0.4 is 0 Å². The van der Waals surface area contributed by atoms with Crippen molar-refractivity contribution in [3.05, 3.63) is 12.7 Å². The fraction of sp³-hybridized carbons (Fsp3) is 0.818. The van der Waals surface area contributed by atoms with Gasteiger partial charge in [-0.05, 0) is 40.0 Å². The topological polar surface area (TPSA) is 18.5 Å². The fourth-order valence-corrected chi connectivity index (χ4v) is 1.72. The summed E-state index contributed by atoms with van der Waals surface area (Å²) < 4.78 is 11.4. The lowest BCUT2D eigenvalue weighted by Crippen LogP contribution is -2.30. The van der Waals surface area contributed by atoms with Crippen molar-refractivity contribution < 1.29 is 9.47 Å². The molecular weight excluding hydrogens is 164 g/mol. The lowest BCUT2D eigenvalue weighted by molar-refractivity contribution is -0.158. The van der Waals surface area contributed by atoms with E-state index in [0.717, 1.165) is 19.3 Å². The Balaban J connectivity index is 2.36. The van der Waals surface area contributed by atoms with Crippen molar-refractivity contribution in [2.75, 3.05) is 6.61 Å². The van der Waals surface area contributed by atoms with Crippen molar-refractivity contribution >= 4 is 0 Å². The summed E-state index contributed by atoms with van der Waals surface area (Å²) in [5.41, 5.74) is -0.0908. The SMILES string of the molecule is C=CCCC[C@@]1(C)COC(C)(C)O1. The van der Waals surface area contributed by atoms with E-state index in [1.54, 1.807) is 0 Å². The summed E-state index contributed by atoms with van der Waals surface area (Å²) >= 11 is 0. The summed E-state index contributed by atoms with van der Waals surface area (Å²) in [4.78, 5) is 0. The van der Waals surface area contributed by atoms with E-state index in [1.165, 1.54) is 0 Å². The highest BCUT2D eigenvalue weighted by Gasteiger charge is 2.41. The number of allylic oxidation sites excluding steroid dienone is 1. The molecule has 0 aromatic heterocycles. The van der Waals surface area contributed by atoms with Crippen LogP contribution in [0.25, 0.3) is 0 Å². The number of unbranched alkanes of at least 4 members (excludes halogenated alkanes) is 1. The van der Waals surface area contributed by atoms with Crippen molar-refractivity contribution in [2.45, 2.75) is 51.4 Å². The van der Waals surface area contributed by atoms with Crippen LogP contribution >= 0.6 is 0 Å². The third-order valence-electron chi connectivity index (χ3n) is 2.33. The van der Waals surface area contributed by atoms with Gasteiger partial charge in [-0.25, -0.2) is 0 Å².